The molecule has 1 aliphatic rings. The number of nitrogens with one attached hydrogen (secondary N) is 2. The lowest BCUT2D eigenvalue weighted by Gasteiger charge is -2.22. The number of carbonyl (C=O) groups is 1. The summed E-state index contributed by atoms with van der Waals surface area (Å²) in [6.45, 7) is 1.53. The van der Waals surface area contributed by atoms with Gasteiger partial charge in [0.2, 0.25) is 5.91 Å². The highest BCUT2D eigenvalue weighted by Gasteiger charge is 2.19. The highest BCUT2D eigenvalue weighted by molar-refractivity contribution is 9.10. The lowest BCUT2D eigenvalue weighted by atomic mass is 10.0. The topological polar surface area (TPSA) is 41.1 Å². The molecule has 1 heterocycles. The summed E-state index contributed by atoms with van der Waals surface area (Å²) in [5.74, 6) is 0.112. The van der Waals surface area contributed by atoms with Gasteiger partial charge >= 0.3 is 0 Å². The van der Waals surface area contributed by atoms with Crippen molar-refractivity contribution in [1.29, 1.82) is 0 Å². The molecule has 5 heteroatoms. The van der Waals surface area contributed by atoms with Crippen LogP contribution in [0, 0.1) is 0 Å². The van der Waals surface area contributed by atoms with E-state index in [1.807, 2.05) is 24.3 Å². The van der Waals surface area contributed by atoms with Crippen LogP contribution in [0.5, 0.6) is 0 Å². The number of halogens is 2. The van der Waals surface area contributed by atoms with Gasteiger partial charge in [0.05, 0.1) is 6.04 Å². The van der Waals surface area contributed by atoms with Gasteiger partial charge in [0.15, 0.2) is 0 Å². The van der Waals surface area contributed by atoms with Crippen molar-refractivity contribution in [3.05, 3.63) is 34.3 Å². The smallest absolute Gasteiger partial charge is 0.237 e. The SMILES string of the molecule is Cl.O=C(NCc1ccccc1Br)[C@@H]1CCCCN1. The van der Waals surface area contributed by atoms with Gasteiger partial charge in [-0.05, 0) is 31.0 Å². The van der Waals surface area contributed by atoms with Crippen LogP contribution in [-0.4, -0.2) is 18.5 Å². The van der Waals surface area contributed by atoms with Crippen molar-refractivity contribution in [3.63, 3.8) is 0 Å². The van der Waals surface area contributed by atoms with Gasteiger partial charge in [-0.1, -0.05) is 40.5 Å². The Morgan fingerprint density at radius 2 is 2.17 bits per heavy atom. The average Bonchev–Trinajstić information content (AvgIpc) is 2.38. The summed E-state index contributed by atoms with van der Waals surface area (Å²) in [4.78, 5) is 11.9. The zero-order chi connectivity index (χ0) is 12.1. The average molecular weight is 334 g/mol. The number of piperidine rings is 1. The van der Waals surface area contributed by atoms with Gasteiger partial charge in [-0.3, -0.25) is 4.79 Å². The Balaban J connectivity index is 0.00000162. The van der Waals surface area contributed by atoms with E-state index in [0.29, 0.717) is 6.54 Å². The maximum absolute atomic E-state index is 11.9. The van der Waals surface area contributed by atoms with Gasteiger partial charge in [-0.2, -0.15) is 0 Å². The predicted molar refractivity (Wildman–Crippen MR) is 78.9 cm³/mol. The minimum atomic E-state index is -0.00811. The first-order chi connectivity index (χ1) is 8.27. The van der Waals surface area contributed by atoms with E-state index in [9.17, 15) is 4.79 Å². The van der Waals surface area contributed by atoms with Crippen molar-refractivity contribution in [2.45, 2.75) is 31.8 Å². The number of rotatable bonds is 3. The number of hydrogen-bond donors (Lipinski definition) is 2. The standard InChI is InChI=1S/C13H17BrN2O.ClH/c14-11-6-2-1-5-10(11)9-16-13(17)12-7-3-4-8-15-12;/h1-2,5-6,12,15H,3-4,7-9H2,(H,16,17);1H/t12-;/m0./s1. The second kappa shape index (κ2) is 7.77. The van der Waals surface area contributed by atoms with Gasteiger partial charge in [0, 0.05) is 11.0 Å². The van der Waals surface area contributed by atoms with Crippen LogP contribution < -0.4 is 10.6 Å². The quantitative estimate of drug-likeness (QED) is 0.893. The Labute approximate surface area is 122 Å². The molecule has 1 amide bonds. The zero-order valence-electron chi connectivity index (χ0n) is 10.1. The van der Waals surface area contributed by atoms with E-state index in [0.717, 1.165) is 29.4 Å². The predicted octanol–water partition coefficient (Wildman–Crippen LogP) is 2.63. The molecule has 0 spiro atoms. The van der Waals surface area contributed by atoms with E-state index < -0.39 is 0 Å². The summed E-state index contributed by atoms with van der Waals surface area (Å²) in [7, 11) is 0. The molecule has 0 aliphatic carbocycles. The first-order valence-electron chi connectivity index (χ1n) is 6.02. The van der Waals surface area contributed by atoms with Crippen LogP contribution in [0.15, 0.2) is 28.7 Å². The van der Waals surface area contributed by atoms with E-state index in [1.165, 1.54) is 6.42 Å². The van der Waals surface area contributed by atoms with Crippen LogP contribution in [0.25, 0.3) is 0 Å². The van der Waals surface area contributed by atoms with Crippen LogP contribution >= 0.6 is 28.3 Å². The van der Waals surface area contributed by atoms with Gasteiger partial charge in [0.25, 0.3) is 0 Å². The third kappa shape index (κ3) is 4.26. The van der Waals surface area contributed by atoms with Crippen molar-refractivity contribution in [2.75, 3.05) is 6.54 Å². The molecule has 0 unspecified atom stereocenters. The fourth-order valence-corrected chi connectivity index (χ4v) is 2.45. The van der Waals surface area contributed by atoms with Crippen molar-refractivity contribution in [2.24, 2.45) is 0 Å². The third-order valence-electron chi connectivity index (χ3n) is 3.04. The van der Waals surface area contributed by atoms with E-state index in [1.54, 1.807) is 0 Å². The summed E-state index contributed by atoms with van der Waals surface area (Å²) in [6, 6.07) is 7.94. The Hall–Kier alpha value is -0.580. The maximum atomic E-state index is 11.9. The van der Waals surface area contributed by atoms with Crippen molar-refractivity contribution < 1.29 is 4.79 Å². The highest BCUT2D eigenvalue weighted by Crippen LogP contribution is 2.15. The molecule has 0 aromatic heterocycles. The van der Waals surface area contributed by atoms with Crippen molar-refractivity contribution in [3.8, 4) is 0 Å². The molecule has 1 fully saturated rings. The molecule has 2 rings (SSSR count). The first kappa shape index (κ1) is 15.5. The van der Waals surface area contributed by atoms with E-state index in [-0.39, 0.29) is 24.4 Å². The zero-order valence-corrected chi connectivity index (χ0v) is 12.5. The highest BCUT2D eigenvalue weighted by atomic mass is 79.9. The summed E-state index contributed by atoms with van der Waals surface area (Å²) in [5.41, 5.74) is 1.11. The molecule has 1 saturated heterocycles. The van der Waals surface area contributed by atoms with Crippen LogP contribution in [-0.2, 0) is 11.3 Å². The summed E-state index contributed by atoms with van der Waals surface area (Å²) < 4.78 is 1.04. The van der Waals surface area contributed by atoms with E-state index >= 15 is 0 Å². The lowest BCUT2D eigenvalue weighted by Crippen LogP contribution is -2.46. The molecule has 2 N–H and O–H groups in total. The number of carbonyl (C=O) groups excluding carboxylic acids is 1. The minimum absolute atomic E-state index is 0. The van der Waals surface area contributed by atoms with Crippen molar-refractivity contribution in [1.82, 2.24) is 10.6 Å². The van der Waals surface area contributed by atoms with Gasteiger partial charge in [0.1, 0.15) is 0 Å². The first-order valence-corrected chi connectivity index (χ1v) is 6.81. The number of amides is 1. The van der Waals surface area contributed by atoms with Gasteiger partial charge < -0.3 is 10.6 Å². The lowest BCUT2D eigenvalue weighted by molar-refractivity contribution is -0.123. The monoisotopic (exact) mass is 332 g/mol. The van der Waals surface area contributed by atoms with Gasteiger partial charge in [-0.25, -0.2) is 0 Å². The summed E-state index contributed by atoms with van der Waals surface area (Å²) in [5, 5.41) is 6.22. The Kier molecular flexibility index (Phi) is 6.68. The molecule has 0 radical (unpaired) electrons. The Bertz CT molecular complexity index is 394. The molecule has 100 valence electrons. The molecule has 0 saturated carbocycles. The molecule has 1 atom stereocenters. The summed E-state index contributed by atoms with van der Waals surface area (Å²) in [6.07, 6.45) is 3.26. The Morgan fingerprint density at radius 1 is 1.39 bits per heavy atom. The summed E-state index contributed by atoms with van der Waals surface area (Å²) >= 11 is 3.48. The second-order valence-electron chi connectivity index (χ2n) is 4.31. The number of hydrogen-bond acceptors (Lipinski definition) is 2. The second-order valence-corrected chi connectivity index (χ2v) is 5.17. The van der Waals surface area contributed by atoms with Gasteiger partial charge in [-0.15, -0.1) is 12.4 Å². The third-order valence-corrected chi connectivity index (χ3v) is 3.81. The molecule has 3 nitrogen and oxygen atoms in total. The molecule has 1 aromatic carbocycles. The maximum Gasteiger partial charge on any atom is 0.237 e. The van der Waals surface area contributed by atoms with Crippen LogP contribution in [0.1, 0.15) is 24.8 Å². The van der Waals surface area contributed by atoms with Crippen LogP contribution in [0.3, 0.4) is 0 Å². The Morgan fingerprint density at radius 3 is 2.83 bits per heavy atom. The molecular weight excluding hydrogens is 316 g/mol. The minimum Gasteiger partial charge on any atom is -0.351 e. The van der Waals surface area contributed by atoms with Crippen molar-refractivity contribution >= 4 is 34.2 Å². The molecule has 0 bridgehead atoms. The van der Waals surface area contributed by atoms with Crippen LogP contribution in [0.4, 0.5) is 0 Å². The molecule has 1 aliphatic heterocycles. The van der Waals surface area contributed by atoms with E-state index in [4.69, 9.17) is 0 Å². The fourth-order valence-electron chi connectivity index (χ4n) is 2.02. The molecule has 18 heavy (non-hydrogen) atoms. The fraction of sp³-hybridized carbons (Fsp3) is 0.462. The largest absolute Gasteiger partial charge is 0.351 e. The molecular formula is C13H18BrClN2O. The van der Waals surface area contributed by atoms with E-state index in [2.05, 4.69) is 26.6 Å². The van der Waals surface area contributed by atoms with Crippen LogP contribution in [0.2, 0.25) is 0 Å². The normalized spacial score (nSPS) is 18.8. The molecule has 1 aromatic rings. The number of benzene rings is 1.